The Bertz CT molecular complexity index is 1010. The van der Waals surface area contributed by atoms with Gasteiger partial charge in [-0.3, -0.25) is 4.57 Å². The second-order valence-electron chi connectivity index (χ2n) is 6.34. The fourth-order valence-corrected chi connectivity index (χ4v) is 4.32. The minimum absolute atomic E-state index is 0.0172. The molecule has 1 aromatic heterocycles. The molecule has 0 bridgehead atoms. The molecular formula is C19H21BrN3O3P. The van der Waals surface area contributed by atoms with Gasteiger partial charge in [0.25, 0.3) is 0 Å². The lowest BCUT2D eigenvalue weighted by Gasteiger charge is -2.16. The van der Waals surface area contributed by atoms with Gasteiger partial charge in [-0.2, -0.15) is 0 Å². The maximum atomic E-state index is 11.9. The third-order valence-corrected chi connectivity index (χ3v) is 5.91. The van der Waals surface area contributed by atoms with Crippen LogP contribution in [0.2, 0.25) is 0 Å². The van der Waals surface area contributed by atoms with Crippen molar-refractivity contribution in [2.75, 3.05) is 25.6 Å². The molecule has 0 amide bonds. The number of benzene rings is 2. The van der Waals surface area contributed by atoms with Gasteiger partial charge in [0.1, 0.15) is 5.82 Å². The molecule has 0 spiro atoms. The number of hydrogen-bond acceptors (Lipinski definition) is 5. The van der Waals surface area contributed by atoms with E-state index in [2.05, 4.69) is 20.9 Å². The highest BCUT2D eigenvalue weighted by molar-refractivity contribution is 9.10. The highest BCUT2D eigenvalue weighted by atomic mass is 79.9. The Hall–Kier alpha value is -1.79. The van der Waals surface area contributed by atoms with E-state index in [-0.39, 0.29) is 12.8 Å². The van der Waals surface area contributed by atoms with E-state index in [4.69, 9.17) is 9.51 Å². The van der Waals surface area contributed by atoms with E-state index in [0.29, 0.717) is 5.82 Å². The number of anilines is 1. The van der Waals surface area contributed by atoms with Gasteiger partial charge < -0.3 is 14.3 Å². The Morgan fingerprint density at radius 1 is 1.15 bits per heavy atom. The van der Waals surface area contributed by atoms with Gasteiger partial charge in [-0.05, 0) is 30.7 Å². The molecule has 3 rings (SSSR count). The Balaban J connectivity index is 1.98. The number of fused-ring (bicyclic) bond motifs is 1. The van der Waals surface area contributed by atoms with Gasteiger partial charge in [-0.25, -0.2) is 9.97 Å². The van der Waals surface area contributed by atoms with E-state index in [1.807, 2.05) is 61.5 Å². The molecule has 8 heteroatoms. The van der Waals surface area contributed by atoms with Gasteiger partial charge in [-0.15, -0.1) is 0 Å². The van der Waals surface area contributed by atoms with Crippen LogP contribution in [0.1, 0.15) is 12.5 Å². The van der Waals surface area contributed by atoms with Crippen molar-refractivity contribution in [3.63, 3.8) is 0 Å². The summed E-state index contributed by atoms with van der Waals surface area (Å²) >= 11 is 3.49. The van der Waals surface area contributed by atoms with E-state index < -0.39 is 7.60 Å². The largest absolute Gasteiger partial charge is 0.362 e. The zero-order chi connectivity index (χ0) is 19.6. The summed E-state index contributed by atoms with van der Waals surface area (Å²) in [4.78, 5) is 21.1. The van der Waals surface area contributed by atoms with E-state index in [9.17, 15) is 9.46 Å². The Labute approximate surface area is 166 Å². The molecule has 27 heavy (non-hydrogen) atoms. The summed E-state index contributed by atoms with van der Waals surface area (Å²) in [6, 6.07) is 13.2. The molecule has 0 saturated carbocycles. The number of rotatable bonds is 6. The topological polar surface area (TPSA) is 75.6 Å². The monoisotopic (exact) mass is 449 g/mol. The molecule has 0 aliphatic heterocycles. The molecule has 0 radical (unpaired) electrons. The zero-order valence-corrected chi connectivity index (χ0v) is 17.9. The molecule has 0 aliphatic carbocycles. The fraction of sp³-hybridized carbons (Fsp3) is 0.263. The third-order valence-electron chi connectivity index (χ3n) is 3.99. The van der Waals surface area contributed by atoms with Crippen molar-refractivity contribution in [2.45, 2.75) is 13.1 Å². The summed E-state index contributed by atoms with van der Waals surface area (Å²) in [7, 11) is 0.291. The number of nitrogens with zero attached hydrogens (tertiary/aromatic N) is 3. The summed E-state index contributed by atoms with van der Waals surface area (Å²) in [5, 5.41) is 0.965. The van der Waals surface area contributed by atoms with E-state index in [0.717, 1.165) is 32.3 Å². The first kappa shape index (κ1) is 20.0. The minimum Gasteiger partial charge on any atom is -0.362 e. The molecule has 142 valence electrons. The molecule has 2 aromatic carbocycles. The van der Waals surface area contributed by atoms with Crippen LogP contribution in [0.25, 0.3) is 22.3 Å². The second-order valence-corrected chi connectivity index (χ2v) is 9.10. The summed E-state index contributed by atoms with van der Waals surface area (Å²) in [6.45, 7) is 1.91. The smallest absolute Gasteiger partial charge is 0.332 e. The first-order valence-electron chi connectivity index (χ1n) is 8.49. The van der Waals surface area contributed by atoms with E-state index in [1.165, 1.54) is 0 Å². The molecule has 0 fully saturated rings. The van der Waals surface area contributed by atoms with Crippen LogP contribution >= 0.6 is 23.5 Å². The molecule has 1 N–H and O–H groups in total. The minimum atomic E-state index is -3.60. The van der Waals surface area contributed by atoms with Gasteiger partial charge in [0, 0.05) is 29.5 Å². The Morgan fingerprint density at radius 2 is 1.85 bits per heavy atom. The molecule has 1 heterocycles. The third kappa shape index (κ3) is 4.74. The normalized spacial score (nSPS) is 13.5. The number of hydrogen-bond donors (Lipinski definition) is 1. The Morgan fingerprint density at radius 3 is 2.48 bits per heavy atom. The van der Waals surface area contributed by atoms with Crippen LogP contribution in [0, 0.1) is 0 Å². The molecule has 6 nitrogen and oxygen atoms in total. The maximum Gasteiger partial charge on any atom is 0.332 e. The lowest BCUT2D eigenvalue weighted by molar-refractivity contribution is 0.272. The first-order chi connectivity index (χ1) is 12.8. The van der Waals surface area contributed by atoms with Gasteiger partial charge in [0.05, 0.1) is 18.3 Å². The highest BCUT2D eigenvalue weighted by Gasteiger charge is 2.19. The van der Waals surface area contributed by atoms with Crippen LogP contribution in [-0.2, 0) is 15.3 Å². The van der Waals surface area contributed by atoms with Crippen molar-refractivity contribution < 1.29 is 14.0 Å². The van der Waals surface area contributed by atoms with Crippen molar-refractivity contribution in [1.82, 2.24) is 9.97 Å². The zero-order valence-electron chi connectivity index (χ0n) is 15.4. The summed E-state index contributed by atoms with van der Waals surface area (Å²) < 4.78 is 17.8. The Kier molecular flexibility index (Phi) is 5.96. The van der Waals surface area contributed by atoms with Crippen molar-refractivity contribution in [3.8, 4) is 11.4 Å². The highest BCUT2D eigenvalue weighted by Crippen LogP contribution is 2.45. The predicted molar refractivity (Wildman–Crippen MR) is 112 cm³/mol. The first-order valence-corrected chi connectivity index (χ1v) is 11.0. The summed E-state index contributed by atoms with van der Waals surface area (Å²) in [5.41, 5.74) is 2.43. The lowest BCUT2D eigenvalue weighted by atomic mass is 10.1. The van der Waals surface area contributed by atoms with Crippen LogP contribution in [-0.4, -0.2) is 35.6 Å². The van der Waals surface area contributed by atoms with Crippen LogP contribution in [0.5, 0.6) is 0 Å². The summed E-state index contributed by atoms with van der Waals surface area (Å²) in [6.07, 6.45) is -0.0172. The van der Waals surface area contributed by atoms with Crippen LogP contribution in [0.4, 0.5) is 5.82 Å². The molecule has 1 unspecified atom stereocenters. The standard InChI is InChI=1S/C19H21BrN3O3P/c1-4-26-27(24,25)12-13-5-7-14(8-6-13)18-21-17-10-9-15(20)11-16(17)19(22-18)23(2)3/h5-11H,4,12H2,1-3H3,(H,24,25). The lowest BCUT2D eigenvalue weighted by Crippen LogP contribution is -2.12. The van der Waals surface area contributed by atoms with Crippen molar-refractivity contribution in [3.05, 3.63) is 52.5 Å². The quantitative estimate of drug-likeness (QED) is 0.542. The predicted octanol–water partition coefficient (Wildman–Crippen LogP) is 4.85. The van der Waals surface area contributed by atoms with Gasteiger partial charge in [0.2, 0.25) is 0 Å². The summed E-state index contributed by atoms with van der Waals surface area (Å²) in [5.74, 6) is 1.44. The number of aromatic nitrogens is 2. The maximum absolute atomic E-state index is 11.9. The van der Waals surface area contributed by atoms with Crippen LogP contribution in [0.15, 0.2) is 46.9 Å². The average Bonchev–Trinajstić information content (AvgIpc) is 2.61. The van der Waals surface area contributed by atoms with Crippen LogP contribution in [0.3, 0.4) is 0 Å². The second kappa shape index (κ2) is 8.07. The molecule has 0 saturated heterocycles. The fourth-order valence-electron chi connectivity index (χ4n) is 2.79. The molecular weight excluding hydrogens is 429 g/mol. The van der Waals surface area contributed by atoms with Crippen molar-refractivity contribution >= 4 is 40.2 Å². The molecule has 1 atom stereocenters. The van der Waals surface area contributed by atoms with Crippen LogP contribution < -0.4 is 4.90 Å². The number of halogens is 1. The molecule has 0 aliphatic rings. The van der Waals surface area contributed by atoms with E-state index in [1.54, 1.807) is 6.92 Å². The SMILES string of the molecule is CCOP(=O)(O)Cc1ccc(-c2nc(N(C)C)c3cc(Br)ccc3n2)cc1. The van der Waals surface area contributed by atoms with Crippen molar-refractivity contribution in [2.24, 2.45) is 0 Å². The average molecular weight is 450 g/mol. The molecule has 3 aromatic rings. The van der Waals surface area contributed by atoms with Gasteiger partial charge in [-0.1, -0.05) is 40.2 Å². The van der Waals surface area contributed by atoms with Gasteiger partial charge in [0.15, 0.2) is 5.82 Å². The van der Waals surface area contributed by atoms with Gasteiger partial charge >= 0.3 is 7.60 Å². The van der Waals surface area contributed by atoms with Crippen molar-refractivity contribution in [1.29, 1.82) is 0 Å². The van der Waals surface area contributed by atoms with E-state index >= 15 is 0 Å².